The van der Waals surface area contributed by atoms with Crippen molar-refractivity contribution >= 4 is 10.0 Å². The van der Waals surface area contributed by atoms with Gasteiger partial charge in [0.25, 0.3) is 0 Å². The van der Waals surface area contributed by atoms with Crippen LogP contribution in [-0.2, 0) is 27.9 Å². The molecule has 0 aromatic heterocycles. The number of benzene rings is 2. The molecule has 176 valence electrons. The summed E-state index contributed by atoms with van der Waals surface area (Å²) in [6.07, 6.45) is 3.80. The number of sulfonamides is 1. The molecular formula is C24H24F3NO4S. The van der Waals surface area contributed by atoms with Crippen molar-refractivity contribution in [3.63, 3.8) is 0 Å². The Hall–Kier alpha value is -2.62. The lowest BCUT2D eigenvalue weighted by Crippen LogP contribution is -2.32. The third-order valence-electron chi connectivity index (χ3n) is 5.62. The lowest BCUT2D eigenvalue weighted by atomic mass is 9.95. The van der Waals surface area contributed by atoms with Crippen LogP contribution in [0.25, 0.3) is 0 Å². The highest BCUT2D eigenvalue weighted by molar-refractivity contribution is 7.89. The van der Waals surface area contributed by atoms with Gasteiger partial charge in [-0.05, 0) is 47.9 Å². The van der Waals surface area contributed by atoms with E-state index in [4.69, 9.17) is 9.47 Å². The third-order valence-corrected chi connectivity index (χ3v) is 7.44. The standard InChI is InChI=1S/C24H24F3NO4S/c1-16-8-17(2-4-23(16)27)14-31-15-18-3-5-24-19(9-18)13-28(6-7-32-24)33(29,30)22-11-20(25)10-21(26)12-22/h2-5,9-12,16H,6-8,13-15H2,1H3. The Labute approximate surface area is 191 Å². The lowest BCUT2D eigenvalue weighted by molar-refractivity contribution is 0.139. The van der Waals surface area contributed by atoms with E-state index in [1.165, 1.54) is 6.08 Å². The largest absolute Gasteiger partial charge is 0.492 e. The van der Waals surface area contributed by atoms with Crippen LogP contribution in [0.1, 0.15) is 24.5 Å². The van der Waals surface area contributed by atoms with Crippen LogP contribution in [0.15, 0.2) is 64.8 Å². The maximum absolute atomic E-state index is 13.6. The van der Waals surface area contributed by atoms with E-state index in [1.54, 1.807) is 18.2 Å². The number of fused-ring (bicyclic) bond motifs is 1. The van der Waals surface area contributed by atoms with Gasteiger partial charge in [0.1, 0.15) is 29.8 Å². The highest BCUT2D eigenvalue weighted by Crippen LogP contribution is 2.29. The zero-order valence-corrected chi connectivity index (χ0v) is 18.9. The van der Waals surface area contributed by atoms with E-state index in [1.807, 2.05) is 13.0 Å². The predicted octanol–water partition coefficient (Wildman–Crippen LogP) is 4.88. The van der Waals surface area contributed by atoms with Crippen molar-refractivity contribution in [2.45, 2.75) is 31.4 Å². The van der Waals surface area contributed by atoms with Gasteiger partial charge in [0.15, 0.2) is 0 Å². The molecule has 0 radical (unpaired) electrons. The number of nitrogens with zero attached hydrogens (tertiary/aromatic N) is 1. The van der Waals surface area contributed by atoms with Gasteiger partial charge in [-0.1, -0.05) is 19.1 Å². The summed E-state index contributed by atoms with van der Waals surface area (Å²) in [5.74, 6) is -1.66. The van der Waals surface area contributed by atoms with Crippen molar-refractivity contribution in [3.8, 4) is 5.75 Å². The van der Waals surface area contributed by atoms with Gasteiger partial charge in [0.2, 0.25) is 10.0 Å². The van der Waals surface area contributed by atoms with Crippen molar-refractivity contribution in [1.29, 1.82) is 0 Å². The summed E-state index contributed by atoms with van der Waals surface area (Å²) in [7, 11) is -4.13. The fourth-order valence-electron chi connectivity index (χ4n) is 3.87. The molecule has 1 heterocycles. The van der Waals surface area contributed by atoms with E-state index in [0.717, 1.165) is 27.6 Å². The highest BCUT2D eigenvalue weighted by Gasteiger charge is 2.29. The van der Waals surface area contributed by atoms with Gasteiger partial charge >= 0.3 is 0 Å². The SMILES string of the molecule is CC1CC(COCc2ccc3c(c2)CN(S(=O)(=O)c2cc(F)cc(F)c2)CCO3)=CC=C1F. The zero-order chi connectivity index (χ0) is 23.6. The van der Waals surface area contributed by atoms with Gasteiger partial charge in [0.05, 0.1) is 18.1 Å². The van der Waals surface area contributed by atoms with Gasteiger partial charge in [0, 0.05) is 30.6 Å². The number of hydrogen-bond donors (Lipinski definition) is 0. The number of rotatable bonds is 6. The van der Waals surface area contributed by atoms with Crippen LogP contribution in [0.2, 0.25) is 0 Å². The molecule has 0 N–H and O–H groups in total. The topological polar surface area (TPSA) is 55.8 Å². The summed E-state index contributed by atoms with van der Waals surface area (Å²) in [6, 6.07) is 7.62. The minimum absolute atomic E-state index is 0.00359. The van der Waals surface area contributed by atoms with E-state index >= 15 is 0 Å². The first-order valence-corrected chi connectivity index (χ1v) is 12.0. The first-order valence-electron chi connectivity index (χ1n) is 10.6. The van der Waals surface area contributed by atoms with E-state index in [0.29, 0.717) is 30.4 Å². The second kappa shape index (κ2) is 9.70. The Kier molecular flexibility index (Phi) is 6.92. The first-order chi connectivity index (χ1) is 15.7. The number of allylic oxidation sites excluding steroid dienone is 3. The summed E-state index contributed by atoms with van der Waals surface area (Å²) in [6.45, 7) is 2.62. The van der Waals surface area contributed by atoms with Crippen LogP contribution in [0.4, 0.5) is 13.2 Å². The maximum atomic E-state index is 13.6. The highest BCUT2D eigenvalue weighted by atomic mass is 32.2. The van der Waals surface area contributed by atoms with Crippen molar-refractivity contribution in [2.24, 2.45) is 5.92 Å². The summed E-state index contributed by atoms with van der Waals surface area (Å²) < 4.78 is 79.3. The van der Waals surface area contributed by atoms with Crippen molar-refractivity contribution < 1.29 is 31.1 Å². The Morgan fingerprint density at radius 1 is 1.06 bits per heavy atom. The Bertz CT molecular complexity index is 1190. The summed E-state index contributed by atoms with van der Waals surface area (Å²) >= 11 is 0. The average Bonchev–Trinajstić information content (AvgIpc) is 2.98. The van der Waals surface area contributed by atoms with Crippen molar-refractivity contribution in [2.75, 3.05) is 19.8 Å². The molecule has 5 nitrogen and oxygen atoms in total. The molecule has 0 saturated carbocycles. The molecule has 0 spiro atoms. The molecule has 1 aliphatic carbocycles. The van der Waals surface area contributed by atoms with Crippen LogP contribution in [0.5, 0.6) is 5.75 Å². The molecule has 0 fully saturated rings. The fraction of sp³-hybridized carbons (Fsp3) is 0.333. The van der Waals surface area contributed by atoms with E-state index in [2.05, 4.69) is 0 Å². The maximum Gasteiger partial charge on any atom is 0.243 e. The second-order valence-electron chi connectivity index (χ2n) is 8.21. The van der Waals surface area contributed by atoms with Crippen LogP contribution >= 0.6 is 0 Å². The molecule has 0 bridgehead atoms. The molecule has 2 aliphatic rings. The average molecular weight is 480 g/mol. The summed E-state index contributed by atoms with van der Waals surface area (Å²) in [4.78, 5) is -0.441. The molecule has 9 heteroatoms. The van der Waals surface area contributed by atoms with Gasteiger partial charge in [-0.3, -0.25) is 0 Å². The molecule has 2 aromatic carbocycles. The van der Waals surface area contributed by atoms with Crippen LogP contribution in [0, 0.1) is 17.6 Å². The number of halogens is 3. The van der Waals surface area contributed by atoms with E-state index in [9.17, 15) is 21.6 Å². The normalized spacial score (nSPS) is 19.2. The zero-order valence-electron chi connectivity index (χ0n) is 18.1. The molecule has 1 atom stereocenters. The van der Waals surface area contributed by atoms with Gasteiger partial charge in [-0.15, -0.1) is 0 Å². The minimum Gasteiger partial charge on any atom is -0.492 e. The van der Waals surface area contributed by atoms with Crippen LogP contribution in [-0.4, -0.2) is 32.5 Å². The second-order valence-corrected chi connectivity index (χ2v) is 10.1. The third kappa shape index (κ3) is 5.48. The molecule has 1 aliphatic heterocycles. The predicted molar refractivity (Wildman–Crippen MR) is 117 cm³/mol. The molecule has 33 heavy (non-hydrogen) atoms. The van der Waals surface area contributed by atoms with Crippen LogP contribution < -0.4 is 4.74 Å². The molecule has 1 unspecified atom stereocenters. The Morgan fingerprint density at radius 2 is 1.82 bits per heavy atom. The van der Waals surface area contributed by atoms with Gasteiger partial charge in [-0.25, -0.2) is 21.6 Å². The monoisotopic (exact) mass is 479 g/mol. The van der Waals surface area contributed by atoms with E-state index in [-0.39, 0.29) is 38.0 Å². The first kappa shape index (κ1) is 23.5. The summed E-state index contributed by atoms with van der Waals surface area (Å²) in [5, 5.41) is 0. The Morgan fingerprint density at radius 3 is 2.55 bits per heavy atom. The van der Waals surface area contributed by atoms with E-state index < -0.39 is 26.6 Å². The smallest absolute Gasteiger partial charge is 0.243 e. The summed E-state index contributed by atoms with van der Waals surface area (Å²) in [5.41, 5.74) is 2.45. The lowest BCUT2D eigenvalue weighted by Gasteiger charge is -2.20. The molecular weight excluding hydrogens is 455 g/mol. The van der Waals surface area contributed by atoms with Crippen LogP contribution in [0.3, 0.4) is 0 Å². The van der Waals surface area contributed by atoms with Gasteiger partial charge < -0.3 is 9.47 Å². The minimum atomic E-state index is -4.13. The molecule has 0 saturated heterocycles. The molecule has 4 rings (SSSR count). The molecule has 2 aromatic rings. The Balaban J connectivity index is 1.47. The fourth-order valence-corrected chi connectivity index (χ4v) is 5.32. The molecule has 0 amide bonds. The number of hydrogen-bond acceptors (Lipinski definition) is 4. The number of ether oxygens (including phenoxy) is 2. The quantitative estimate of drug-likeness (QED) is 0.593. The van der Waals surface area contributed by atoms with Crippen molar-refractivity contribution in [1.82, 2.24) is 4.31 Å². The van der Waals surface area contributed by atoms with Gasteiger partial charge in [-0.2, -0.15) is 4.31 Å². The van der Waals surface area contributed by atoms with Crippen molar-refractivity contribution in [3.05, 3.63) is 82.7 Å².